The molecular weight excluding hydrogens is 769 g/mol. The molecule has 0 rings (SSSR count). The number of carbonyl (C=O) groups excluding carboxylic acids is 3. The number of hydrogen-bond acceptors (Lipinski definition) is 6. The summed E-state index contributed by atoms with van der Waals surface area (Å²) < 4.78 is 16.6. The van der Waals surface area contributed by atoms with Gasteiger partial charge in [-0.1, -0.05) is 201 Å². The van der Waals surface area contributed by atoms with Gasteiger partial charge in [0.2, 0.25) is 0 Å². The molecule has 0 amide bonds. The molecule has 0 radical (unpaired) electrons. The predicted octanol–water partition coefficient (Wildman–Crippen LogP) is 16.4. The predicted molar refractivity (Wildman–Crippen MR) is 265 cm³/mol. The first-order chi connectivity index (χ1) is 30.5. The Morgan fingerprint density at radius 3 is 1.03 bits per heavy atom. The molecule has 0 aromatic heterocycles. The summed E-state index contributed by atoms with van der Waals surface area (Å²) in [6, 6.07) is 0. The number of carbonyl (C=O) groups is 3. The summed E-state index contributed by atoms with van der Waals surface area (Å²) in [5.74, 6) is -0.990. The van der Waals surface area contributed by atoms with E-state index >= 15 is 0 Å². The Kier molecular flexibility index (Phi) is 46.6. The molecule has 0 saturated carbocycles. The van der Waals surface area contributed by atoms with Crippen molar-refractivity contribution >= 4 is 17.9 Å². The van der Waals surface area contributed by atoms with Crippen molar-refractivity contribution in [2.75, 3.05) is 13.2 Å². The minimum absolute atomic E-state index is 0.105. The number of hydrogen-bond donors (Lipinski definition) is 0. The van der Waals surface area contributed by atoms with Crippen molar-refractivity contribution in [1.29, 1.82) is 0 Å². The molecule has 0 aromatic rings. The maximum Gasteiger partial charge on any atom is 0.306 e. The van der Waals surface area contributed by atoms with E-state index in [0.717, 1.165) is 109 Å². The number of esters is 3. The van der Waals surface area contributed by atoms with Crippen molar-refractivity contribution in [1.82, 2.24) is 0 Å². The highest BCUT2D eigenvalue weighted by Crippen LogP contribution is 2.13. The van der Waals surface area contributed by atoms with Crippen LogP contribution in [0.1, 0.15) is 207 Å². The fourth-order valence-corrected chi connectivity index (χ4v) is 6.35. The number of unbranched alkanes of at least 4 members (excludes halogenated alkanes) is 14. The highest BCUT2D eigenvalue weighted by molar-refractivity contribution is 5.71. The standard InChI is InChI=1S/C56H90O6/c1-4-7-10-13-16-18-20-22-24-26-27-28-29-31-32-34-36-38-40-43-46-49-55(58)61-52-53(51-60-54(57)48-45-42-15-12-9-6-3)62-56(59)50-47-44-41-39-37-35-33-30-25-23-21-19-17-14-11-8-5-2/h7-8,10-11,16-19,22-25,27-28,33,35,39,41,53H,4-6,9,12-15,20-21,26,29-32,34,36-38,40,42-52H2,1-3H3/b10-7-,11-8-,18-16-,19-17-,24-22-,25-23-,28-27-,35-33-,41-39-. The molecule has 350 valence electrons. The highest BCUT2D eigenvalue weighted by Gasteiger charge is 2.19. The van der Waals surface area contributed by atoms with Crippen LogP contribution >= 0.6 is 0 Å². The molecule has 6 heteroatoms. The van der Waals surface area contributed by atoms with Gasteiger partial charge in [0.25, 0.3) is 0 Å². The van der Waals surface area contributed by atoms with Gasteiger partial charge in [0, 0.05) is 19.3 Å². The maximum atomic E-state index is 12.7. The molecule has 0 bridgehead atoms. The van der Waals surface area contributed by atoms with Gasteiger partial charge in [-0.25, -0.2) is 0 Å². The van der Waals surface area contributed by atoms with E-state index < -0.39 is 6.10 Å². The van der Waals surface area contributed by atoms with E-state index in [4.69, 9.17) is 14.2 Å². The third kappa shape index (κ3) is 47.1. The second-order valence-corrected chi connectivity index (χ2v) is 16.0. The summed E-state index contributed by atoms with van der Waals surface area (Å²) in [5, 5.41) is 0. The van der Waals surface area contributed by atoms with Crippen LogP contribution in [0, 0.1) is 0 Å². The summed E-state index contributed by atoms with van der Waals surface area (Å²) in [7, 11) is 0. The molecule has 0 aromatic carbocycles. The molecule has 1 unspecified atom stereocenters. The quantitative estimate of drug-likeness (QED) is 0.0263. The van der Waals surface area contributed by atoms with Gasteiger partial charge in [-0.15, -0.1) is 0 Å². The van der Waals surface area contributed by atoms with Crippen molar-refractivity contribution in [3.63, 3.8) is 0 Å². The van der Waals surface area contributed by atoms with Crippen LogP contribution in [0.5, 0.6) is 0 Å². The van der Waals surface area contributed by atoms with E-state index in [1.165, 1.54) is 51.4 Å². The minimum Gasteiger partial charge on any atom is -0.462 e. The fraction of sp³-hybridized carbons (Fsp3) is 0.625. The van der Waals surface area contributed by atoms with Gasteiger partial charge in [0.15, 0.2) is 6.10 Å². The van der Waals surface area contributed by atoms with Crippen molar-refractivity contribution in [2.45, 2.75) is 213 Å². The Balaban J connectivity index is 4.33. The highest BCUT2D eigenvalue weighted by atomic mass is 16.6. The lowest BCUT2D eigenvalue weighted by molar-refractivity contribution is -0.167. The number of ether oxygens (including phenoxy) is 3. The first kappa shape index (κ1) is 58.1. The van der Waals surface area contributed by atoms with E-state index in [1.807, 2.05) is 0 Å². The molecule has 0 heterocycles. The molecule has 1 atom stereocenters. The molecule has 0 saturated heterocycles. The lowest BCUT2D eigenvalue weighted by Crippen LogP contribution is -2.30. The summed E-state index contributed by atoms with van der Waals surface area (Å²) in [5.41, 5.74) is 0. The number of rotatable bonds is 43. The molecular formula is C56H90O6. The third-order valence-corrected chi connectivity index (χ3v) is 10.0. The third-order valence-electron chi connectivity index (χ3n) is 10.0. The summed E-state index contributed by atoms with van der Waals surface area (Å²) in [6.07, 6.45) is 66.7. The van der Waals surface area contributed by atoms with Crippen LogP contribution in [0.4, 0.5) is 0 Å². The molecule has 6 nitrogen and oxygen atoms in total. The van der Waals surface area contributed by atoms with Crippen LogP contribution < -0.4 is 0 Å². The van der Waals surface area contributed by atoms with E-state index in [2.05, 4.69) is 130 Å². The van der Waals surface area contributed by atoms with Crippen LogP contribution in [0.3, 0.4) is 0 Å². The van der Waals surface area contributed by atoms with E-state index in [1.54, 1.807) is 0 Å². The summed E-state index contributed by atoms with van der Waals surface area (Å²) >= 11 is 0. The van der Waals surface area contributed by atoms with Crippen LogP contribution in [0.15, 0.2) is 109 Å². The van der Waals surface area contributed by atoms with Crippen LogP contribution in [-0.2, 0) is 28.6 Å². The molecule has 0 fully saturated rings. The molecule has 0 spiro atoms. The Morgan fingerprint density at radius 1 is 0.339 bits per heavy atom. The SMILES string of the molecule is CC/C=C\C/C=C\C/C=C\C/C=C\C/C=C\CCCC(=O)OC(COC(=O)CCCCCCCC)COC(=O)CCCCCCCCCC/C=C\C/C=C\C/C=C\C/C=C\CC. The monoisotopic (exact) mass is 859 g/mol. The first-order valence-corrected chi connectivity index (χ1v) is 24.9. The number of allylic oxidation sites excluding steroid dienone is 18. The molecule has 0 aliphatic heterocycles. The topological polar surface area (TPSA) is 78.9 Å². The Morgan fingerprint density at radius 2 is 0.645 bits per heavy atom. The lowest BCUT2D eigenvalue weighted by Gasteiger charge is -2.18. The zero-order valence-corrected chi connectivity index (χ0v) is 39.8. The normalized spacial score (nSPS) is 13.0. The Bertz CT molecular complexity index is 1310. The van der Waals surface area contributed by atoms with Gasteiger partial charge in [-0.2, -0.15) is 0 Å². The molecule has 62 heavy (non-hydrogen) atoms. The maximum absolute atomic E-state index is 12.7. The largest absolute Gasteiger partial charge is 0.462 e. The molecule has 0 aliphatic carbocycles. The van der Waals surface area contributed by atoms with Gasteiger partial charge in [-0.3, -0.25) is 14.4 Å². The summed E-state index contributed by atoms with van der Waals surface area (Å²) in [4.78, 5) is 37.7. The lowest BCUT2D eigenvalue weighted by atomic mass is 10.1. The van der Waals surface area contributed by atoms with Crippen molar-refractivity contribution < 1.29 is 28.6 Å². The second-order valence-electron chi connectivity index (χ2n) is 16.0. The first-order valence-electron chi connectivity index (χ1n) is 24.9. The van der Waals surface area contributed by atoms with Gasteiger partial charge in [-0.05, 0) is 96.3 Å². The zero-order valence-electron chi connectivity index (χ0n) is 39.8. The average molecular weight is 859 g/mol. The zero-order chi connectivity index (χ0) is 45.1. The van der Waals surface area contributed by atoms with Gasteiger partial charge < -0.3 is 14.2 Å². The molecule has 0 aliphatic rings. The fourth-order valence-electron chi connectivity index (χ4n) is 6.35. The van der Waals surface area contributed by atoms with Gasteiger partial charge >= 0.3 is 17.9 Å². The van der Waals surface area contributed by atoms with Crippen molar-refractivity contribution in [2.24, 2.45) is 0 Å². The van der Waals surface area contributed by atoms with E-state index in [-0.39, 0.29) is 37.5 Å². The van der Waals surface area contributed by atoms with Gasteiger partial charge in [0.05, 0.1) is 0 Å². The van der Waals surface area contributed by atoms with Crippen molar-refractivity contribution in [3.8, 4) is 0 Å². The molecule has 0 N–H and O–H groups in total. The van der Waals surface area contributed by atoms with Crippen molar-refractivity contribution in [3.05, 3.63) is 109 Å². The van der Waals surface area contributed by atoms with E-state index in [0.29, 0.717) is 19.3 Å². The van der Waals surface area contributed by atoms with Crippen LogP contribution in [0.25, 0.3) is 0 Å². The van der Waals surface area contributed by atoms with Crippen LogP contribution in [0.2, 0.25) is 0 Å². The average Bonchev–Trinajstić information content (AvgIpc) is 3.27. The Hall–Kier alpha value is -3.93. The summed E-state index contributed by atoms with van der Waals surface area (Å²) in [6.45, 7) is 6.28. The van der Waals surface area contributed by atoms with Gasteiger partial charge in [0.1, 0.15) is 13.2 Å². The Labute approximate surface area is 380 Å². The van der Waals surface area contributed by atoms with Crippen LogP contribution in [-0.4, -0.2) is 37.2 Å². The smallest absolute Gasteiger partial charge is 0.306 e. The minimum atomic E-state index is -0.809. The van der Waals surface area contributed by atoms with E-state index in [9.17, 15) is 14.4 Å². The second kappa shape index (κ2) is 49.7.